The average Bonchev–Trinajstić information content (AvgIpc) is 2.31. The zero-order valence-corrected chi connectivity index (χ0v) is 11.4. The number of hydrogen-bond donors (Lipinski definition) is 1. The van der Waals surface area contributed by atoms with E-state index in [4.69, 9.17) is 5.73 Å². The van der Waals surface area contributed by atoms with Gasteiger partial charge in [0.15, 0.2) is 4.87 Å². The number of rotatable bonds is 5. The van der Waals surface area contributed by atoms with Crippen LogP contribution in [0.4, 0.5) is 0 Å². The van der Waals surface area contributed by atoms with Gasteiger partial charge in [-0.2, -0.15) is 0 Å². The van der Waals surface area contributed by atoms with Gasteiger partial charge in [-0.3, -0.25) is 0 Å². The van der Waals surface area contributed by atoms with Crippen molar-refractivity contribution < 1.29 is 8.42 Å². The Hall–Kier alpha value is -0.910. The van der Waals surface area contributed by atoms with E-state index in [1.807, 2.05) is 19.9 Å². The molecule has 1 unspecified atom stereocenters. The summed E-state index contributed by atoms with van der Waals surface area (Å²) in [5.41, 5.74) is 6.64. The van der Waals surface area contributed by atoms with E-state index < -0.39 is 14.9 Å². The second-order valence-electron chi connectivity index (χ2n) is 4.06. The van der Waals surface area contributed by atoms with Crippen molar-refractivity contribution in [3.8, 4) is 0 Å². The van der Waals surface area contributed by atoms with Gasteiger partial charge in [-0.1, -0.05) is 44.2 Å². The van der Waals surface area contributed by atoms with Crippen LogP contribution in [-0.2, 0) is 14.9 Å². The first-order chi connectivity index (χ1) is 7.87. The van der Waals surface area contributed by atoms with Crippen LogP contribution in [0.3, 0.4) is 0 Å². The normalized spacial score (nSPS) is 15.8. The van der Waals surface area contributed by atoms with Crippen LogP contribution in [0.5, 0.6) is 0 Å². The molecule has 4 nitrogen and oxygen atoms in total. The third kappa shape index (κ3) is 2.51. The predicted octanol–water partition coefficient (Wildman–Crippen LogP) is 1.49. The second kappa shape index (κ2) is 5.16. The first kappa shape index (κ1) is 14.2. The Balaban J connectivity index is 3.22. The molecule has 0 heterocycles. The standard InChI is InChI=1S/C12H20N2O2S/c1-4-14(5-2)17(15,16)12(3,13)11-9-7-6-8-10-11/h6-10H,4-5,13H2,1-3H3. The molecule has 0 radical (unpaired) electrons. The largest absolute Gasteiger partial charge is 0.308 e. The number of nitrogens with two attached hydrogens (primary N) is 1. The molecule has 1 atom stereocenters. The summed E-state index contributed by atoms with van der Waals surface area (Å²) in [7, 11) is -3.54. The van der Waals surface area contributed by atoms with Gasteiger partial charge in [-0.25, -0.2) is 12.7 Å². The summed E-state index contributed by atoms with van der Waals surface area (Å²) in [6.07, 6.45) is 0. The maximum Gasteiger partial charge on any atom is 0.236 e. The van der Waals surface area contributed by atoms with Gasteiger partial charge in [0.2, 0.25) is 10.0 Å². The lowest BCUT2D eigenvalue weighted by atomic mass is 10.1. The molecule has 0 saturated carbocycles. The summed E-state index contributed by atoms with van der Waals surface area (Å²) in [6.45, 7) is 6.01. The Morgan fingerprint density at radius 1 is 1.18 bits per heavy atom. The van der Waals surface area contributed by atoms with Crippen LogP contribution in [-0.4, -0.2) is 25.8 Å². The molecular weight excluding hydrogens is 236 g/mol. The summed E-state index contributed by atoms with van der Waals surface area (Å²) in [4.78, 5) is -1.39. The second-order valence-corrected chi connectivity index (χ2v) is 6.38. The van der Waals surface area contributed by atoms with Gasteiger partial charge in [-0.15, -0.1) is 0 Å². The Bertz CT molecular complexity index is 451. The lowest BCUT2D eigenvalue weighted by Crippen LogP contribution is -2.50. The van der Waals surface area contributed by atoms with Crippen molar-refractivity contribution in [3.05, 3.63) is 35.9 Å². The Morgan fingerprint density at radius 3 is 2.06 bits per heavy atom. The summed E-state index contributed by atoms with van der Waals surface area (Å²) in [5, 5.41) is 0. The minimum Gasteiger partial charge on any atom is -0.308 e. The lowest BCUT2D eigenvalue weighted by molar-refractivity contribution is 0.416. The molecule has 0 amide bonds. The van der Waals surface area contributed by atoms with E-state index in [1.165, 1.54) is 11.2 Å². The average molecular weight is 256 g/mol. The van der Waals surface area contributed by atoms with E-state index >= 15 is 0 Å². The highest BCUT2D eigenvalue weighted by atomic mass is 32.2. The van der Waals surface area contributed by atoms with Crippen LogP contribution in [0, 0.1) is 0 Å². The molecule has 0 aromatic heterocycles. The highest BCUT2D eigenvalue weighted by molar-refractivity contribution is 7.90. The number of nitrogens with zero attached hydrogens (tertiary/aromatic N) is 1. The number of hydrogen-bond acceptors (Lipinski definition) is 3. The van der Waals surface area contributed by atoms with Crippen LogP contribution in [0.25, 0.3) is 0 Å². The molecule has 0 aliphatic rings. The molecule has 0 saturated heterocycles. The zero-order chi connectivity index (χ0) is 13.1. The van der Waals surface area contributed by atoms with E-state index in [-0.39, 0.29) is 0 Å². The molecule has 0 fully saturated rings. The molecule has 96 valence electrons. The van der Waals surface area contributed by atoms with Crippen molar-refractivity contribution >= 4 is 10.0 Å². The van der Waals surface area contributed by atoms with Crippen molar-refractivity contribution in [2.45, 2.75) is 25.6 Å². The fourth-order valence-electron chi connectivity index (χ4n) is 1.75. The molecule has 0 spiro atoms. The molecule has 0 aliphatic heterocycles. The first-order valence-electron chi connectivity index (χ1n) is 5.72. The number of sulfonamides is 1. The Morgan fingerprint density at radius 2 is 1.65 bits per heavy atom. The molecule has 1 aromatic rings. The van der Waals surface area contributed by atoms with Gasteiger partial charge in [0.05, 0.1) is 0 Å². The topological polar surface area (TPSA) is 63.4 Å². The monoisotopic (exact) mass is 256 g/mol. The fourth-order valence-corrected chi connectivity index (χ4v) is 3.40. The van der Waals surface area contributed by atoms with Crippen molar-refractivity contribution in [1.82, 2.24) is 4.31 Å². The van der Waals surface area contributed by atoms with Crippen molar-refractivity contribution in [2.24, 2.45) is 5.73 Å². The van der Waals surface area contributed by atoms with Gasteiger partial charge in [0.25, 0.3) is 0 Å². The maximum atomic E-state index is 12.4. The highest BCUT2D eigenvalue weighted by Crippen LogP contribution is 2.26. The zero-order valence-electron chi connectivity index (χ0n) is 10.6. The maximum absolute atomic E-state index is 12.4. The van der Waals surface area contributed by atoms with E-state index in [0.717, 1.165) is 0 Å². The van der Waals surface area contributed by atoms with E-state index in [2.05, 4.69) is 0 Å². The highest BCUT2D eigenvalue weighted by Gasteiger charge is 2.40. The molecular formula is C12H20N2O2S. The van der Waals surface area contributed by atoms with E-state index in [1.54, 1.807) is 24.3 Å². The Kier molecular flexibility index (Phi) is 4.30. The molecule has 1 aromatic carbocycles. The first-order valence-corrected chi connectivity index (χ1v) is 7.16. The van der Waals surface area contributed by atoms with Gasteiger partial charge in [-0.05, 0) is 12.5 Å². The van der Waals surface area contributed by atoms with Crippen molar-refractivity contribution in [1.29, 1.82) is 0 Å². The molecule has 0 aliphatic carbocycles. The van der Waals surface area contributed by atoms with E-state index in [0.29, 0.717) is 18.7 Å². The van der Waals surface area contributed by atoms with Crippen LogP contribution in [0.15, 0.2) is 30.3 Å². The third-order valence-corrected chi connectivity index (χ3v) is 5.43. The van der Waals surface area contributed by atoms with Crippen molar-refractivity contribution in [2.75, 3.05) is 13.1 Å². The lowest BCUT2D eigenvalue weighted by Gasteiger charge is -2.31. The number of benzene rings is 1. The minimum absolute atomic E-state index is 0.429. The van der Waals surface area contributed by atoms with Crippen LogP contribution in [0.1, 0.15) is 26.3 Å². The molecule has 1 rings (SSSR count). The third-order valence-electron chi connectivity index (χ3n) is 2.93. The SMILES string of the molecule is CCN(CC)S(=O)(=O)C(C)(N)c1ccccc1. The molecule has 0 bridgehead atoms. The van der Waals surface area contributed by atoms with Crippen LogP contribution >= 0.6 is 0 Å². The Labute approximate surface area is 103 Å². The van der Waals surface area contributed by atoms with Crippen LogP contribution < -0.4 is 5.73 Å². The fraction of sp³-hybridized carbons (Fsp3) is 0.500. The smallest absolute Gasteiger partial charge is 0.236 e. The quantitative estimate of drug-likeness (QED) is 0.868. The van der Waals surface area contributed by atoms with Crippen LogP contribution in [0.2, 0.25) is 0 Å². The van der Waals surface area contributed by atoms with Gasteiger partial charge in [0.1, 0.15) is 0 Å². The van der Waals surface area contributed by atoms with Gasteiger partial charge in [0, 0.05) is 13.1 Å². The summed E-state index contributed by atoms with van der Waals surface area (Å²) < 4.78 is 26.2. The van der Waals surface area contributed by atoms with Gasteiger partial charge >= 0.3 is 0 Å². The van der Waals surface area contributed by atoms with Gasteiger partial charge < -0.3 is 5.73 Å². The summed E-state index contributed by atoms with van der Waals surface area (Å²) in [5.74, 6) is 0. The summed E-state index contributed by atoms with van der Waals surface area (Å²) in [6, 6.07) is 8.89. The molecule has 17 heavy (non-hydrogen) atoms. The minimum atomic E-state index is -3.54. The predicted molar refractivity (Wildman–Crippen MR) is 69.8 cm³/mol. The molecule has 5 heteroatoms. The summed E-state index contributed by atoms with van der Waals surface area (Å²) >= 11 is 0. The van der Waals surface area contributed by atoms with E-state index in [9.17, 15) is 8.42 Å². The molecule has 2 N–H and O–H groups in total. The van der Waals surface area contributed by atoms with Crippen molar-refractivity contribution in [3.63, 3.8) is 0 Å².